The SMILES string of the molecule is CCOC(=O)N1CCC(N2C(=O)c3ccccc3[C@@H]2Nc2ccccc2C(F)(F)F)CC1. The number of carbonyl (C=O) groups excluding carboxylic acids is 2. The van der Waals surface area contributed by atoms with Crippen molar-refractivity contribution in [2.45, 2.75) is 38.1 Å². The zero-order valence-electron chi connectivity index (χ0n) is 17.6. The van der Waals surface area contributed by atoms with Gasteiger partial charge in [0.05, 0.1) is 12.2 Å². The number of carbonyl (C=O) groups is 2. The van der Waals surface area contributed by atoms with E-state index in [1.54, 1.807) is 41.0 Å². The Morgan fingerprint density at radius 2 is 1.75 bits per heavy atom. The van der Waals surface area contributed by atoms with Gasteiger partial charge in [-0.15, -0.1) is 0 Å². The van der Waals surface area contributed by atoms with Crippen molar-refractivity contribution in [1.29, 1.82) is 0 Å². The van der Waals surface area contributed by atoms with Crippen LogP contribution in [0.1, 0.15) is 47.4 Å². The molecule has 0 bridgehead atoms. The zero-order chi connectivity index (χ0) is 22.9. The number of halogens is 3. The molecule has 0 unspecified atom stereocenters. The van der Waals surface area contributed by atoms with Gasteiger partial charge in [0.15, 0.2) is 0 Å². The summed E-state index contributed by atoms with van der Waals surface area (Å²) >= 11 is 0. The van der Waals surface area contributed by atoms with E-state index in [9.17, 15) is 22.8 Å². The van der Waals surface area contributed by atoms with Gasteiger partial charge >= 0.3 is 12.3 Å². The molecule has 0 spiro atoms. The molecule has 170 valence electrons. The molecule has 0 aliphatic carbocycles. The minimum atomic E-state index is -4.53. The van der Waals surface area contributed by atoms with Crippen LogP contribution >= 0.6 is 0 Å². The van der Waals surface area contributed by atoms with Gasteiger partial charge in [0.1, 0.15) is 6.17 Å². The van der Waals surface area contributed by atoms with Crippen LogP contribution < -0.4 is 5.32 Å². The van der Waals surface area contributed by atoms with Crippen molar-refractivity contribution in [3.8, 4) is 0 Å². The van der Waals surface area contributed by atoms with Gasteiger partial charge < -0.3 is 19.9 Å². The molecule has 0 saturated carbocycles. The Balaban J connectivity index is 1.62. The third kappa shape index (κ3) is 4.11. The van der Waals surface area contributed by atoms with E-state index in [4.69, 9.17) is 4.74 Å². The first-order chi connectivity index (χ1) is 15.3. The maximum Gasteiger partial charge on any atom is 0.418 e. The molecular formula is C23H24F3N3O3. The predicted octanol–water partition coefficient (Wildman–Crippen LogP) is 4.89. The number of para-hydroxylation sites is 1. The van der Waals surface area contributed by atoms with Crippen LogP contribution in [0.2, 0.25) is 0 Å². The van der Waals surface area contributed by atoms with Gasteiger partial charge in [-0.2, -0.15) is 13.2 Å². The second kappa shape index (κ2) is 8.72. The number of alkyl halides is 3. The smallest absolute Gasteiger partial charge is 0.418 e. The number of ether oxygens (including phenoxy) is 1. The van der Waals surface area contributed by atoms with Crippen LogP contribution in [0.5, 0.6) is 0 Å². The Morgan fingerprint density at radius 1 is 1.09 bits per heavy atom. The summed E-state index contributed by atoms with van der Waals surface area (Å²) in [5, 5.41) is 2.98. The monoisotopic (exact) mass is 447 g/mol. The van der Waals surface area contributed by atoms with Crippen LogP contribution in [-0.2, 0) is 10.9 Å². The van der Waals surface area contributed by atoms with E-state index in [0.29, 0.717) is 37.1 Å². The molecule has 6 nitrogen and oxygen atoms in total. The number of amides is 2. The first-order valence-corrected chi connectivity index (χ1v) is 10.6. The van der Waals surface area contributed by atoms with E-state index >= 15 is 0 Å². The van der Waals surface area contributed by atoms with Gasteiger partial charge in [-0.05, 0) is 38.0 Å². The highest BCUT2D eigenvalue weighted by Crippen LogP contribution is 2.41. The normalized spacial score (nSPS) is 19.1. The fraction of sp³-hybridized carbons (Fsp3) is 0.391. The van der Waals surface area contributed by atoms with Crippen molar-refractivity contribution in [1.82, 2.24) is 9.80 Å². The van der Waals surface area contributed by atoms with Crippen LogP contribution in [0, 0.1) is 0 Å². The molecule has 32 heavy (non-hydrogen) atoms. The molecule has 2 aromatic rings. The lowest BCUT2D eigenvalue weighted by Gasteiger charge is -2.39. The van der Waals surface area contributed by atoms with Crippen molar-refractivity contribution < 1.29 is 27.5 Å². The highest BCUT2D eigenvalue weighted by molar-refractivity contribution is 5.99. The van der Waals surface area contributed by atoms with Crippen molar-refractivity contribution >= 4 is 17.7 Å². The van der Waals surface area contributed by atoms with Crippen molar-refractivity contribution in [3.63, 3.8) is 0 Å². The van der Waals surface area contributed by atoms with E-state index in [0.717, 1.165) is 6.07 Å². The molecule has 2 amide bonds. The van der Waals surface area contributed by atoms with Gasteiger partial charge in [0.25, 0.3) is 5.91 Å². The number of nitrogens with zero attached hydrogens (tertiary/aromatic N) is 2. The highest BCUT2D eigenvalue weighted by atomic mass is 19.4. The molecular weight excluding hydrogens is 423 g/mol. The maximum absolute atomic E-state index is 13.6. The Bertz CT molecular complexity index is 1000. The van der Waals surface area contributed by atoms with E-state index in [1.165, 1.54) is 18.2 Å². The standard InChI is InChI=1S/C23H24F3N3O3/c1-2-32-22(31)28-13-11-15(12-14-28)29-20(16-7-3-4-8-17(16)21(29)30)27-19-10-6-5-9-18(19)23(24,25)26/h3-10,15,20,27H,2,11-14H2,1H3/t20-/m1/s1. The van der Waals surface area contributed by atoms with E-state index < -0.39 is 24.0 Å². The van der Waals surface area contributed by atoms with Crippen molar-refractivity contribution in [2.75, 3.05) is 25.0 Å². The number of rotatable bonds is 4. The average Bonchev–Trinajstić information content (AvgIpc) is 3.05. The number of fused-ring (bicyclic) bond motifs is 1. The molecule has 4 rings (SSSR count). The lowest BCUT2D eigenvalue weighted by molar-refractivity contribution is -0.137. The van der Waals surface area contributed by atoms with Crippen LogP contribution in [0.25, 0.3) is 0 Å². The fourth-order valence-corrected chi connectivity index (χ4v) is 4.41. The minimum Gasteiger partial charge on any atom is -0.450 e. The maximum atomic E-state index is 13.6. The third-order valence-corrected chi connectivity index (χ3v) is 5.91. The van der Waals surface area contributed by atoms with E-state index in [2.05, 4.69) is 5.32 Å². The average molecular weight is 447 g/mol. The van der Waals surface area contributed by atoms with Gasteiger partial charge in [-0.25, -0.2) is 4.79 Å². The molecule has 2 aromatic carbocycles. The summed E-state index contributed by atoms with van der Waals surface area (Å²) in [4.78, 5) is 28.5. The largest absolute Gasteiger partial charge is 0.450 e. The summed E-state index contributed by atoms with van der Waals surface area (Å²) in [5.74, 6) is -0.225. The molecule has 1 atom stereocenters. The van der Waals surface area contributed by atoms with Crippen LogP contribution in [0.15, 0.2) is 48.5 Å². The van der Waals surface area contributed by atoms with Crippen LogP contribution in [-0.4, -0.2) is 47.5 Å². The summed E-state index contributed by atoms with van der Waals surface area (Å²) < 4.78 is 45.7. The van der Waals surface area contributed by atoms with Gasteiger partial charge in [0.2, 0.25) is 0 Å². The lowest BCUT2D eigenvalue weighted by atomic mass is 10.0. The molecule has 2 aliphatic rings. The lowest BCUT2D eigenvalue weighted by Crippen LogP contribution is -2.49. The molecule has 1 fully saturated rings. The quantitative estimate of drug-likeness (QED) is 0.725. The Kier molecular flexibility index (Phi) is 5.99. The van der Waals surface area contributed by atoms with Crippen molar-refractivity contribution in [3.05, 3.63) is 65.2 Å². The summed E-state index contributed by atoms with van der Waals surface area (Å²) in [6.07, 6.45) is -4.63. The summed E-state index contributed by atoms with van der Waals surface area (Å²) in [5.41, 5.74) is 0.252. The Labute approximate surface area is 183 Å². The number of benzene rings is 2. The highest BCUT2D eigenvalue weighted by Gasteiger charge is 2.43. The van der Waals surface area contributed by atoms with E-state index in [1.807, 2.05) is 0 Å². The molecule has 0 aromatic heterocycles. The van der Waals surface area contributed by atoms with Crippen molar-refractivity contribution in [2.24, 2.45) is 0 Å². The zero-order valence-corrected chi connectivity index (χ0v) is 17.6. The van der Waals surface area contributed by atoms with E-state index in [-0.39, 0.29) is 24.2 Å². The number of piperidine rings is 1. The number of likely N-dealkylation sites (tertiary alicyclic amines) is 1. The topological polar surface area (TPSA) is 61.9 Å². The van der Waals surface area contributed by atoms with Gasteiger partial charge in [0, 0.05) is 35.9 Å². The second-order valence-corrected chi connectivity index (χ2v) is 7.81. The number of hydrogen-bond donors (Lipinski definition) is 1. The van der Waals surface area contributed by atoms with Gasteiger partial charge in [-0.3, -0.25) is 4.79 Å². The second-order valence-electron chi connectivity index (χ2n) is 7.81. The Morgan fingerprint density at radius 3 is 2.44 bits per heavy atom. The first kappa shape index (κ1) is 22.0. The van der Waals surface area contributed by atoms with Crippen LogP contribution in [0.4, 0.5) is 23.7 Å². The molecule has 9 heteroatoms. The Hall–Kier alpha value is -3.23. The number of hydrogen-bond acceptors (Lipinski definition) is 4. The molecule has 2 heterocycles. The number of nitrogens with one attached hydrogen (secondary N) is 1. The molecule has 1 saturated heterocycles. The number of anilines is 1. The summed E-state index contributed by atoms with van der Waals surface area (Å²) in [7, 11) is 0. The fourth-order valence-electron chi connectivity index (χ4n) is 4.41. The minimum absolute atomic E-state index is 0.0801. The molecule has 2 aliphatic heterocycles. The molecule has 1 N–H and O–H groups in total. The van der Waals surface area contributed by atoms with Crippen LogP contribution in [0.3, 0.4) is 0 Å². The third-order valence-electron chi connectivity index (χ3n) is 5.91. The summed E-state index contributed by atoms with van der Waals surface area (Å²) in [6.45, 7) is 2.84. The first-order valence-electron chi connectivity index (χ1n) is 10.6. The predicted molar refractivity (Wildman–Crippen MR) is 112 cm³/mol. The summed E-state index contributed by atoms with van der Waals surface area (Å²) in [6, 6.07) is 12.0. The van der Waals surface area contributed by atoms with Gasteiger partial charge in [-0.1, -0.05) is 30.3 Å². The molecule has 0 radical (unpaired) electrons.